The highest BCUT2D eigenvalue weighted by atomic mass is 19.4. The Morgan fingerprint density at radius 1 is 1.28 bits per heavy atom. The van der Waals surface area contributed by atoms with Gasteiger partial charge in [0.05, 0.1) is 23.2 Å². The van der Waals surface area contributed by atoms with Gasteiger partial charge >= 0.3 is 12.0 Å². The molecule has 1 atom stereocenters. The van der Waals surface area contributed by atoms with Crippen LogP contribution in [-0.4, -0.2) is 69.9 Å². The summed E-state index contributed by atoms with van der Waals surface area (Å²) >= 11 is 0. The molecule has 3 aromatic rings. The Bertz CT molecular complexity index is 1450. The maximum atomic E-state index is 14.7. The van der Waals surface area contributed by atoms with Gasteiger partial charge in [-0.25, -0.2) is 9.49 Å². The molecule has 13 heteroatoms. The maximum absolute atomic E-state index is 14.7. The van der Waals surface area contributed by atoms with Crippen molar-refractivity contribution in [3.63, 3.8) is 0 Å². The molecule has 1 amide bonds. The van der Waals surface area contributed by atoms with Crippen molar-refractivity contribution in [1.29, 1.82) is 5.41 Å². The standard InChI is InChI=1S/C23H20F4N6O3/c1-36-19-11-32(10-18(28)33(19)22(29)23(25,26)27)21(35)15-8-12(6-7-16(15)24)9-17-13-4-2-3-5-14(13)20(34)31-30-17/h2-8,19,28-29H,9-11H2,1H3,(H,31,34)/p+1. The average molecular weight is 505 g/mol. The van der Waals surface area contributed by atoms with E-state index in [9.17, 15) is 27.2 Å². The van der Waals surface area contributed by atoms with Gasteiger partial charge in [-0.05, 0) is 23.8 Å². The molecule has 1 aliphatic rings. The summed E-state index contributed by atoms with van der Waals surface area (Å²) in [5, 5.41) is 14.9. The zero-order valence-electron chi connectivity index (χ0n) is 18.9. The highest BCUT2D eigenvalue weighted by molar-refractivity contribution is 5.98. The number of fused-ring (bicyclic) bond motifs is 1. The molecule has 0 saturated carbocycles. The number of hydrogen-bond acceptors (Lipinski definition) is 6. The minimum Gasteiger partial charge on any atom is -0.347 e. The fourth-order valence-corrected chi connectivity index (χ4v) is 4.07. The number of aromatic amines is 1. The Labute approximate surface area is 201 Å². The number of methoxy groups -OCH3 is 1. The zero-order chi connectivity index (χ0) is 26.2. The lowest BCUT2D eigenvalue weighted by atomic mass is 10.0. The molecule has 2 heterocycles. The number of nitrogens with two attached hydrogens (primary N) is 1. The van der Waals surface area contributed by atoms with Crippen LogP contribution in [0, 0.1) is 11.2 Å². The van der Waals surface area contributed by atoms with Gasteiger partial charge in [0.25, 0.3) is 11.5 Å². The number of amidine groups is 2. The third-order valence-electron chi connectivity index (χ3n) is 5.80. The van der Waals surface area contributed by atoms with Gasteiger partial charge in [0, 0.05) is 18.9 Å². The van der Waals surface area contributed by atoms with Crippen molar-refractivity contribution < 1.29 is 31.7 Å². The highest BCUT2D eigenvalue weighted by Gasteiger charge is 2.47. The molecule has 2 aromatic carbocycles. The van der Waals surface area contributed by atoms with E-state index in [-0.39, 0.29) is 24.1 Å². The molecule has 4 N–H and O–H groups in total. The summed E-state index contributed by atoms with van der Waals surface area (Å²) in [5.41, 5.74) is 6.13. The third-order valence-corrected chi connectivity index (χ3v) is 5.80. The molecule has 1 aliphatic heterocycles. The first kappa shape index (κ1) is 25.0. The number of H-pyrrole nitrogens is 1. The first-order valence-electron chi connectivity index (χ1n) is 10.6. The van der Waals surface area contributed by atoms with Crippen molar-refractivity contribution in [3.05, 3.63) is 75.5 Å². The van der Waals surface area contributed by atoms with E-state index < -0.39 is 42.3 Å². The minimum absolute atomic E-state index is 0.170. The average Bonchev–Trinajstić information content (AvgIpc) is 2.85. The fourth-order valence-electron chi connectivity index (χ4n) is 4.07. The fraction of sp³-hybridized carbons (Fsp3) is 0.261. The SMILES string of the molecule is COC1CN(C(=O)c2cc(Cc3n[nH]c(=O)c4ccccc34)ccc2F)CC(N)=[N+]1C(=N)C(F)(F)F. The molecule has 0 spiro atoms. The van der Waals surface area contributed by atoms with Gasteiger partial charge in [-0.15, -0.1) is 0 Å². The van der Waals surface area contributed by atoms with E-state index in [1.54, 1.807) is 24.3 Å². The lowest BCUT2D eigenvalue weighted by Crippen LogP contribution is -2.59. The Kier molecular flexibility index (Phi) is 6.59. The number of carbonyl (C=O) groups is 1. The largest absolute Gasteiger partial charge is 0.481 e. The Hall–Kier alpha value is -4.13. The number of nitrogens with one attached hydrogen (secondary N) is 2. The van der Waals surface area contributed by atoms with E-state index in [4.69, 9.17) is 15.9 Å². The summed E-state index contributed by atoms with van der Waals surface area (Å²) in [6.45, 7) is -0.850. The summed E-state index contributed by atoms with van der Waals surface area (Å²) in [6.07, 6.45) is -6.20. The lowest BCUT2D eigenvalue weighted by molar-refractivity contribution is -0.534. The highest BCUT2D eigenvalue weighted by Crippen LogP contribution is 2.22. The molecule has 9 nitrogen and oxygen atoms in total. The third kappa shape index (κ3) is 4.69. The number of rotatable bonds is 4. The van der Waals surface area contributed by atoms with E-state index in [2.05, 4.69) is 10.2 Å². The molecule has 0 saturated heterocycles. The van der Waals surface area contributed by atoms with Crippen LogP contribution < -0.4 is 11.3 Å². The smallest absolute Gasteiger partial charge is 0.347 e. The van der Waals surface area contributed by atoms with E-state index >= 15 is 0 Å². The van der Waals surface area contributed by atoms with Gasteiger partial charge < -0.3 is 15.4 Å². The molecule has 0 fully saturated rings. The van der Waals surface area contributed by atoms with Crippen molar-refractivity contribution in [1.82, 2.24) is 15.1 Å². The molecular weight excluding hydrogens is 484 g/mol. The molecular formula is C23H21F4N6O3+. The number of nitrogens with zero attached hydrogens (tertiary/aromatic N) is 3. The number of ether oxygens (including phenoxy) is 1. The second-order valence-electron chi connectivity index (χ2n) is 8.12. The number of aromatic nitrogens is 2. The Morgan fingerprint density at radius 3 is 2.64 bits per heavy atom. The van der Waals surface area contributed by atoms with Crippen LogP contribution in [0.15, 0.2) is 47.3 Å². The van der Waals surface area contributed by atoms with Crippen LogP contribution in [0.1, 0.15) is 21.6 Å². The normalized spacial score (nSPS) is 16.5. The Morgan fingerprint density at radius 2 is 1.97 bits per heavy atom. The summed E-state index contributed by atoms with van der Waals surface area (Å²) in [6, 6.07) is 10.7. The first-order chi connectivity index (χ1) is 17.0. The molecule has 1 aromatic heterocycles. The van der Waals surface area contributed by atoms with Crippen LogP contribution in [0.4, 0.5) is 17.6 Å². The quantitative estimate of drug-likeness (QED) is 0.216. The molecule has 1 unspecified atom stereocenters. The molecule has 0 aliphatic carbocycles. The minimum atomic E-state index is -4.98. The van der Waals surface area contributed by atoms with Crippen molar-refractivity contribution in [2.24, 2.45) is 5.73 Å². The lowest BCUT2D eigenvalue weighted by Gasteiger charge is -2.33. The van der Waals surface area contributed by atoms with Crippen molar-refractivity contribution in [3.8, 4) is 0 Å². The molecule has 0 bridgehead atoms. The molecule has 188 valence electrons. The second kappa shape index (κ2) is 9.49. The van der Waals surface area contributed by atoms with E-state index in [0.29, 0.717) is 26.6 Å². The molecule has 36 heavy (non-hydrogen) atoms. The van der Waals surface area contributed by atoms with Crippen molar-refractivity contribution >= 4 is 28.4 Å². The predicted molar refractivity (Wildman–Crippen MR) is 122 cm³/mol. The van der Waals surface area contributed by atoms with Crippen molar-refractivity contribution in [2.75, 3.05) is 20.2 Å². The summed E-state index contributed by atoms with van der Waals surface area (Å²) in [7, 11) is 1.12. The Balaban J connectivity index is 1.64. The predicted octanol–water partition coefficient (Wildman–Crippen LogP) is 1.99. The second-order valence-corrected chi connectivity index (χ2v) is 8.12. The number of benzene rings is 2. The van der Waals surface area contributed by atoms with Crippen LogP contribution in [0.5, 0.6) is 0 Å². The van der Waals surface area contributed by atoms with Gasteiger partial charge in [0.15, 0.2) is 0 Å². The number of halogens is 4. The summed E-state index contributed by atoms with van der Waals surface area (Å²) in [5.74, 6) is -3.81. The van der Waals surface area contributed by atoms with Gasteiger partial charge in [-0.1, -0.05) is 24.3 Å². The number of alkyl halides is 3. The van der Waals surface area contributed by atoms with E-state index in [1.165, 1.54) is 12.1 Å². The monoisotopic (exact) mass is 505 g/mol. The first-order valence-corrected chi connectivity index (χ1v) is 10.6. The van der Waals surface area contributed by atoms with Crippen LogP contribution in [0.25, 0.3) is 10.8 Å². The van der Waals surface area contributed by atoms with Gasteiger partial charge in [-0.3, -0.25) is 9.59 Å². The molecule has 4 rings (SSSR count). The summed E-state index contributed by atoms with van der Waals surface area (Å²) < 4.78 is 59.5. The van der Waals surface area contributed by atoms with Gasteiger partial charge in [-0.2, -0.15) is 28.3 Å². The van der Waals surface area contributed by atoms with Crippen LogP contribution in [-0.2, 0) is 11.2 Å². The van der Waals surface area contributed by atoms with Crippen LogP contribution >= 0.6 is 0 Å². The molecule has 0 radical (unpaired) electrons. The van der Waals surface area contributed by atoms with Gasteiger partial charge in [0.1, 0.15) is 12.4 Å². The number of amides is 1. The summed E-state index contributed by atoms with van der Waals surface area (Å²) in [4.78, 5) is 26.2. The van der Waals surface area contributed by atoms with Gasteiger partial charge in [0.2, 0.25) is 12.1 Å². The zero-order valence-corrected chi connectivity index (χ0v) is 18.9. The number of hydrogen-bond donors (Lipinski definition) is 3. The van der Waals surface area contributed by atoms with E-state index in [1.807, 2.05) is 0 Å². The van der Waals surface area contributed by atoms with Crippen LogP contribution in [0.3, 0.4) is 0 Å². The topological polar surface area (TPSA) is 128 Å². The maximum Gasteiger partial charge on any atom is 0.481 e. The van der Waals surface area contributed by atoms with Crippen molar-refractivity contribution in [2.45, 2.75) is 18.8 Å². The number of carbonyl (C=O) groups excluding carboxylic acids is 1. The van der Waals surface area contributed by atoms with Crippen LogP contribution in [0.2, 0.25) is 0 Å². The van der Waals surface area contributed by atoms with E-state index in [0.717, 1.165) is 18.1 Å².